The summed E-state index contributed by atoms with van der Waals surface area (Å²) in [6.07, 6.45) is 0. The maximum atomic E-state index is 11.9. The summed E-state index contributed by atoms with van der Waals surface area (Å²) in [6.45, 7) is 5.10. The van der Waals surface area contributed by atoms with Crippen molar-refractivity contribution in [2.24, 2.45) is 0 Å². The summed E-state index contributed by atoms with van der Waals surface area (Å²) >= 11 is 4.62. The van der Waals surface area contributed by atoms with E-state index in [0.29, 0.717) is 8.68 Å². The van der Waals surface area contributed by atoms with Crippen LogP contribution in [0.3, 0.4) is 0 Å². The molecule has 74 valence electrons. The van der Waals surface area contributed by atoms with Gasteiger partial charge in [0.2, 0.25) is 0 Å². The smallest absolute Gasteiger partial charge is 0.185 e. The number of halogens is 1. The molecule has 13 heavy (non-hydrogen) atoms. The van der Waals surface area contributed by atoms with E-state index < -0.39 is 14.6 Å². The summed E-state index contributed by atoms with van der Waals surface area (Å²) in [5, 5.41) is 1.77. The Kier molecular flexibility index (Phi) is 2.90. The Hall–Kier alpha value is 0.130. The van der Waals surface area contributed by atoms with Crippen LogP contribution < -0.4 is 0 Å². The van der Waals surface area contributed by atoms with Gasteiger partial charge in [0, 0.05) is 0 Å². The number of sulfone groups is 1. The Bertz CT molecular complexity index is 398. The van der Waals surface area contributed by atoms with Crippen molar-refractivity contribution in [1.82, 2.24) is 0 Å². The second kappa shape index (κ2) is 3.37. The molecule has 2 nitrogen and oxygen atoms in total. The van der Waals surface area contributed by atoms with E-state index in [2.05, 4.69) is 15.9 Å². The maximum Gasteiger partial charge on any atom is 0.185 e. The van der Waals surface area contributed by atoms with E-state index >= 15 is 0 Å². The molecule has 0 aromatic carbocycles. The third-order valence-electron chi connectivity index (χ3n) is 1.68. The highest BCUT2D eigenvalue weighted by Crippen LogP contribution is 2.33. The first kappa shape index (κ1) is 11.2. The topological polar surface area (TPSA) is 34.1 Å². The SMILES string of the molecule is CC(C)(C)S(=O)(=O)c1ccsc1Br. The van der Waals surface area contributed by atoms with E-state index in [1.54, 1.807) is 32.2 Å². The molecular weight excluding hydrogens is 272 g/mol. The largest absolute Gasteiger partial charge is 0.223 e. The molecule has 0 saturated carbocycles. The Morgan fingerprint density at radius 1 is 1.38 bits per heavy atom. The summed E-state index contributed by atoms with van der Waals surface area (Å²) in [5.74, 6) is 0. The number of hydrogen-bond donors (Lipinski definition) is 0. The summed E-state index contributed by atoms with van der Waals surface area (Å²) in [4.78, 5) is 0.394. The fraction of sp³-hybridized carbons (Fsp3) is 0.500. The molecule has 1 rings (SSSR count). The fourth-order valence-corrected chi connectivity index (χ4v) is 4.09. The van der Waals surface area contributed by atoms with Crippen LogP contribution in [0.15, 0.2) is 20.1 Å². The second-order valence-electron chi connectivity index (χ2n) is 3.67. The highest BCUT2D eigenvalue weighted by atomic mass is 79.9. The van der Waals surface area contributed by atoms with Crippen molar-refractivity contribution >= 4 is 37.1 Å². The molecule has 0 radical (unpaired) electrons. The number of hydrogen-bond acceptors (Lipinski definition) is 3. The normalized spacial score (nSPS) is 13.2. The average molecular weight is 283 g/mol. The second-order valence-corrected chi connectivity index (χ2v) is 8.58. The lowest BCUT2D eigenvalue weighted by molar-refractivity contribution is 0.560. The van der Waals surface area contributed by atoms with Gasteiger partial charge in [0.15, 0.2) is 9.84 Å². The summed E-state index contributed by atoms with van der Waals surface area (Å²) in [6, 6.07) is 1.63. The van der Waals surface area contributed by atoms with Gasteiger partial charge >= 0.3 is 0 Å². The molecule has 1 heterocycles. The lowest BCUT2D eigenvalue weighted by Gasteiger charge is -2.18. The molecule has 5 heteroatoms. The average Bonchev–Trinajstić information content (AvgIpc) is 2.32. The Morgan fingerprint density at radius 2 is 1.92 bits per heavy atom. The van der Waals surface area contributed by atoms with Crippen LogP contribution >= 0.6 is 27.3 Å². The van der Waals surface area contributed by atoms with Gasteiger partial charge in [0.25, 0.3) is 0 Å². The quantitative estimate of drug-likeness (QED) is 0.793. The first-order valence-electron chi connectivity index (χ1n) is 3.74. The number of rotatable bonds is 1. The third kappa shape index (κ3) is 1.97. The highest BCUT2D eigenvalue weighted by molar-refractivity contribution is 9.11. The Morgan fingerprint density at radius 3 is 2.23 bits per heavy atom. The zero-order valence-corrected chi connectivity index (χ0v) is 10.9. The minimum absolute atomic E-state index is 0.394. The van der Waals surface area contributed by atoms with Crippen molar-refractivity contribution in [3.8, 4) is 0 Å². The molecule has 0 bridgehead atoms. The molecule has 0 aliphatic heterocycles. The van der Waals surface area contributed by atoms with Crippen LogP contribution in [-0.4, -0.2) is 13.2 Å². The van der Waals surface area contributed by atoms with Crippen molar-refractivity contribution in [2.75, 3.05) is 0 Å². The van der Waals surface area contributed by atoms with Gasteiger partial charge in [-0.1, -0.05) is 0 Å². The van der Waals surface area contributed by atoms with E-state index in [4.69, 9.17) is 0 Å². The number of thiophene rings is 1. The van der Waals surface area contributed by atoms with E-state index in [0.717, 1.165) is 0 Å². The predicted molar refractivity (Wildman–Crippen MR) is 59.0 cm³/mol. The Balaban J connectivity index is 3.33. The first-order chi connectivity index (χ1) is 5.77. The van der Waals surface area contributed by atoms with Crippen LogP contribution in [0, 0.1) is 0 Å². The summed E-state index contributed by atoms with van der Waals surface area (Å²) < 4.78 is 23.8. The lowest BCUT2D eigenvalue weighted by Crippen LogP contribution is -2.27. The van der Waals surface area contributed by atoms with Crippen LogP contribution in [0.25, 0.3) is 0 Å². The van der Waals surface area contributed by atoms with Gasteiger partial charge in [0.05, 0.1) is 13.4 Å². The zero-order valence-electron chi connectivity index (χ0n) is 7.67. The van der Waals surface area contributed by atoms with Crippen molar-refractivity contribution in [3.63, 3.8) is 0 Å². The van der Waals surface area contributed by atoms with Gasteiger partial charge in [0.1, 0.15) is 0 Å². The monoisotopic (exact) mass is 282 g/mol. The summed E-state index contributed by atoms with van der Waals surface area (Å²) in [7, 11) is -3.20. The Labute approximate surface area is 91.0 Å². The van der Waals surface area contributed by atoms with Gasteiger partial charge < -0.3 is 0 Å². The predicted octanol–water partition coefficient (Wildman–Crippen LogP) is 3.08. The standard InChI is InChI=1S/C8H11BrO2S2/c1-8(2,3)13(10,11)6-4-5-12-7(6)9/h4-5H,1-3H3. The van der Waals surface area contributed by atoms with Crippen LogP contribution in [0.5, 0.6) is 0 Å². The lowest BCUT2D eigenvalue weighted by atomic mass is 10.3. The van der Waals surface area contributed by atoms with Gasteiger partial charge in [-0.15, -0.1) is 11.3 Å². The van der Waals surface area contributed by atoms with E-state index in [1.807, 2.05) is 0 Å². The molecule has 0 unspecified atom stereocenters. The maximum absolute atomic E-state index is 11.9. The van der Waals surface area contributed by atoms with E-state index in [9.17, 15) is 8.42 Å². The van der Waals surface area contributed by atoms with Crippen molar-refractivity contribution in [1.29, 1.82) is 0 Å². The van der Waals surface area contributed by atoms with Gasteiger partial charge in [-0.3, -0.25) is 0 Å². The van der Waals surface area contributed by atoms with Crippen LogP contribution in [0.1, 0.15) is 20.8 Å². The molecule has 0 saturated heterocycles. The molecule has 0 aliphatic rings. The molecule has 0 N–H and O–H groups in total. The molecule has 0 fully saturated rings. The van der Waals surface area contributed by atoms with Gasteiger partial charge in [-0.05, 0) is 48.1 Å². The first-order valence-corrected chi connectivity index (χ1v) is 6.90. The molecule has 1 aromatic rings. The molecule has 0 amide bonds. The summed E-state index contributed by atoms with van der Waals surface area (Å²) in [5.41, 5.74) is 0. The van der Waals surface area contributed by atoms with E-state index in [1.165, 1.54) is 11.3 Å². The van der Waals surface area contributed by atoms with Crippen molar-refractivity contribution in [3.05, 3.63) is 15.2 Å². The molecule has 0 atom stereocenters. The van der Waals surface area contributed by atoms with Crippen LogP contribution in [0.4, 0.5) is 0 Å². The minimum atomic E-state index is -3.20. The zero-order chi connectivity index (χ0) is 10.3. The fourth-order valence-electron chi connectivity index (χ4n) is 0.804. The molecule has 1 aromatic heterocycles. The third-order valence-corrected chi connectivity index (χ3v) is 6.29. The highest BCUT2D eigenvalue weighted by Gasteiger charge is 2.32. The van der Waals surface area contributed by atoms with Gasteiger partial charge in [-0.2, -0.15) is 0 Å². The minimum Gasteiger partial charge on any atom is -0.223 e. The molecular formula is C8H11BrO2S2. The van der Waals surface area contributed by atoms with Crippen molar-refractivity contribution < 1.29 is 8.42 Å². The van der Waals surface area contributed by atoms with Crippen LogP contribution in [-0.2, 0) is 9.84 Å². The molecule has 0 spiro atoms. The van der Waals surface area contributed by atoms with Gasteiger partial charge in [-0.25, -0.2) is 8.42 Å². The van der Waals surface area contributed by atoms with Crippen LogP contribution in [0.2, 0.25) is 0 Å². The van der Waals surface area contributed by atoms with E-state index in [-0.39, 0.29) is 0 Å². The van der Waals surface area contributed by atoms with Crippen molar-refractivity contribution in [2.45, 2.75) is 30.4 Å². The molecule has 0 aliphatic carbocycles.